The smallest absolute Gasteiger partial charge is 0.255 e. The summed E-state index contributed by atoms with van der Waals surface area (Å²) in [6, 6.07) is 1.41. The molecule has 1 rings (SSSR count). The van der Waals surface area contributed by atoms with Gasteiger partial charge in [-0.3, -0.25) is 4.79 Å². The molecule has 0 aromatic heterocycles. The second kappa shape index (κ2) is 3.15. The maximum absolute atomic E-state index is 12.6. The third kappa shape index (κ3) is 1.43. The van der Waals surface area contributed by atoms with E-state index < -0.39 is 28.3 Å². The van der Waals surface area contributed by atoms with Crippen molar-refractivity contribution in [2.75, 3.05) is 0 Å². The third-order valence-corrected chi connectivity index (χ3v) is 1.45. The van der Waals surface area contributed by atoms with Gasteiger partial charge in [-0.2, -0.15) is 0 Å². The fourth-order valence-electron chi connectivity index (χ4n) is 0.678. The van der Waals surface area contributed by atoms with Gasteiger partial charge in [0, 0.05) is 0 Å². The van der Waals surface area contributed by atoms with Crippen LogP contribution in [-0.4, -0.2) is 5.24 Å². The van der Waals surface area contributed by atoms with E-state index in [1.54, 1.807) is 0 Å². The van der Waals surface area contributed by atoms with E-state index in [-0.39, 0.29) is 0 Å². The highest BCUT2D eigenvalue weighted by molar-refractivity contribution is 6.67. The Morgan fingerprint density at radius 3 is 2.25 bits per heavy atom. The van der Waals surface area contributed by atoms with Crippen molar-refractivity contribution in [2.45, 2.75) is 0 Å². The van der Waals surface area contributed by atoms with Crippen LogP contribution >= 0.6 is 11.6 Å². The molecule has 0 bridgehead atoms. The average Bonchev–Trinajstić information content (AvgIpc) is 2.00. The van der Waals surface area contributed by atoms with Crippen LogP contribution in [0.1, 0.15) is 10.4 Å². The zero-order valence-electron chi connectivity index (χ0n) is 5.57. The van der Waals surface area contributed by atoms with Gasteiger partial charge in [0.25, 0.3) is 5.24 Å². The molecule has 0 fully saturated rings. The first-order chi connectivity index (χ1) is 5.54. The Morgan fingerprint density at radius 1 is 1.17 bits per heavy atom. The van der Waals surface area contributed by atoms with Gasteiger partial charge in [-0.1, -0.05) is 0 Å². The number of carbonyl (C=O) groups excluding carboxylic acids is 1. The Balaban J connectivity index is 3.36. The average molecular weight is 195 g/mol. The molecule has 0 N–H and O–H groups in total. The first-order valence-corrected chi connectivity index (χ1v) is 3.25. The van der Waals surface area contributed by atoms with Crippen LogP contribution in [0.3, 0.4) is 0 Å². The number of benzene rings is 1. The Bertz CT molecular complexity index is 338. The van der Waals surface area contributed by atoms with E-state index in [0.29, 0.717) is 6.07 Å². The second-order valence-electron chi connectivity index (χ2n) is 2.00. The molecule has 64 valence electrons. The van der Waals surface area contributed by atoms with Gasteiger partial charge in [-0.05, 0) is 23.7 Å². The van der Waals surface area contributed by atoms with Gasteiger partial charge in [-0.15, -0.1) is 0 Å². The standard InChI is InChI=1S/C7H2ClF3O/c8-7(12)3-1-2-4(9)6(11)5(3)10/h1-2H. The first-order valence-electron chi connectivity index (χ1n) is 2.87. The van der Waals surface area contributed by atoms with Crippen LogP contribution in [0, 0.1) is 17.5 Å². The van der Waals surface area contributed by atoms with Gasteiger partial charge < -0.3 is 0 Å². The summed E-state index contributed by atoms with van der Waals surface area (Å²) in [5, 5.41) is -1.16. The quantitative estimate of drug-likeness (QED) is 0.496. The van der Waals surface area contributed by atoms with E-state index in [2.05, 4.69) is 0 Å². The third-order valence-electron chi connectivity index (χ3n) is 1.25. The molecule has 1 aromatic rings. The highest BCUT2D eigenvalue weighted by Crippen LogP contribution is 2.16. The largest absolute Gasteiger partial charge is 0.275 e. The molecule has 0 aliphatic heterocycles. The van der Waals surface area contributed by atoms with Crippen molar-refractivity contribution < 1.29 is 18.0 Å². The van der Waals surface area contributed by atoms with Gasteiger partial charge in [0.05, 0.1) is 5.56 Å². The molecule has 0 saturated heterocycles. The monoisotopic (exact) mass is 194 g/mol. The summed E-state index contributed by atoms with van der Waals surface area (Å²) in [4.78, 5) is 10.4. The molecule has 0 saturated carbocycles. The molecule has 1 aromatic carbocycles. The molecule has 0 unspecified atom stereocenters. The highest BCUT2D eigenvalue weighted by atomic mass is 35.5. The molecule has 1 nitrogen and oxygen atoms in total. The van der Waals surface area contributed by atoms with Crippen LogP contribution in [0.5, 0.6) is 0 Å². The molecule has 5 heteroatoms. The van der Waals surface area contributed by atoms with E-state index in [9.17, 15) is 18.0 Å². The fraction of sp³-hybridized carbons (Fsp3) is 0. The molecule has 12 heavy (non-hydrogen) atoms. The minimum absolute atomic E-state index is 0.633. The highest BCUT2D eigenvalue weighted by Gasteiger charge is 2.16. The summed E-state index contributed by atoms with van der Waals surface area (Å²) in [7, 11) is 0. The maximum Gasteiger partial charge on any atom is 0.255 e. The van der Waals surface area contributed by atoms with Crippen LogP contribution in [0.2, 0.25) is 0 Å². The summed E-state index contributed by atoms with van der Waals surface area (Å²) < 4.78 is 37.2. The molecule has 0 radical (unpaired) electrons. The lowest BCUT2D eigenvalue weighted by Crippen LogP contribution is -1.99. The van der Waals surface area contributed by atoms with Crippen LogP contribution in [-0.2, 0) is 0 Å². The lowest BCUT2D eigenvalue weighted by molar-refractivity contribution is 0.107. The van der Waals surface area contributed by atoms with Crippen LogP contribution < -0.4 is 0 Å². The second-order valence-corrected chi connectivity index (χ2v) is 2.34. The van der Waals surface area contributed by atoms with Crippen molar-refractivity contribution in [1.82, 2.24) is 0 Å². The van der Waals surface area contributed by atoms with Crippen molar-refractivity contribution in [3.63, 3.8) is 0 Å². The van der Waals surface area contributed by atoms with E-state index in [4.69, 9.17) is 11.6 Å². The number of halogens is 4. The summed E-state index contributed by atoms with van der Waals surface area (Å²) in [5.41, 5.74) is -0.671. The summed E-state index contributed by atoms with van der Waals surface area (Å²) in [6.45, 7) is 0. The minimum Gasteiger partial charge on any atom is -0.275 e. The van der Waals surface area contributed by atoms with Crippen molar-refractivity contribution in [3.05, 3.63) is 35.1 Å². The lowest BCUT2D eigenvalue weighted by Gasteiger charge is -1.98. The fourth-order valence-corrected chi connectivity index (χ4v) is 0.824. The van der Waals surface area contributed by atoms with Crippen molar-refractivity contribution in [3.8, 4) is 0 Å². The van der Waals surface area contributed by atoms with Crippen molar-refractivity contribution in [2.24, 2.45) is 0 Å². The van der Waals surface area contributed by atoms with E-state index >= 15 is 0 Å². The number of hydrogen-bond donors (Lipinski definition) is 0. The molecule has 0 aliphatic carbocycles. The number of rotatable bonds is 1. The molecule has 0 aliphatic rings. The van der Waals surface area contributed by atoms with E-state index in [1.807, 2.05) is 0 Å². The Hall–Kier alpha value is -1.03. The van der Waals surface area contributed by atoms with Crippen molar-refractivity contribution in [1.29, 1.82) is 0 Å². The first kappa shape index (κ1) is 9.06. The Labute approximate surface area is 70.8 Å². The molecule has 0 atom stereocenters. The van der Waals surface area contributed by atoms with E-state index in [0.717, 1.165) is 6.07 Å². The number of carbonyl (C=O) groups is 1. The predicted molar refractivity (Wildman–Crippen MR) is 36.5 cm³/mol. The molecular weight excluding hydrogens is 193 g/mol. The minimum atomic E-state index is -1.69. The number of hydrogen-bond acceptors (Lipinski definition) is 1. The van der Waals surface area contributed by atoms with Crippen LogP contribution in [0.25, 0.3) is 0 Å². The Morgan fingerprint density at radius 2 is 1.75 bits per heavy atom. The topological polar surface area (TPSA) is 17.1 Å². The predicted octanol–water partition coefficient (Wildman–Crippen LogP) is 2.48. The zero-order valence-corrected chi connectivity index (χ0v) is 6.33. The molecule has 0 amide bonds. The maximum atomic E-state index is 12.6. The zero-order chi connectivity index (χ0) is 9.30. The SMILES string of the molecule is O=C(Cl)c1ccc(F)c(F)c1F. The van der Waals surface area contributed by atoms with Gasteiger partial charge >= 0.3 is 0 Å². The molecular formula is C7H2ClF3O. The normalized spacial score (nSPS) is 10.0. The van der Waals surface area contributed by atoms with Gasteiger partial charge in [0.1, 0.15) is 0 Å². The Kier molecular flexibility index (Phi) is 2.38. The van der Waals surface area contributed by atoms with Crippen molar-refractivity contribution >= 4 is 16.8 Å². The van der Waals surface area contributed by atoms with Crippen LogP contribution in [0.4, 0.5) is 13.2 Å². The molecule has 0 heterocycles. The molecule has 0 spiro atoms. The lowest BCUT2D eigenvalue weighted by atomic mass is 10.2. The summed E-state index contributed by atoms with van der Waals surface area (Å²) in [6.07, 6.45) is 0. The van der Waals surface area contributed by atoms with Gasteiger partial charge in [0.15, 0.2) is 17.5 Å². The summed E-state index contributed by atoms with van der Waals surface area (Å²) >= 11 is 4.86. The van der Waals surface area contributed by atoms with Gasteiger partial charge in [-0.25, -0.2) is 13.2 Å². The van der Waals surface area contributed by atoms with Crippen LogP contribution in [0.15, 0.2) is 12.1 Å². The van der Waals surface area contributed by atoms with Gasteiger partial charge in [0.2, 0.25) is 0 Å². The summed E-state index contributed by atoms with van der Waals surface area (Å²) in [5.74, 6) is -4.61. The van der Waals surface area contributed by atoms with E-state index in [1.165, 1.54) is 0 Å².